The molecule has 0 aliphatic heterocycles. The van der Waals surface area contributed by atoms with Gasteiger partial charge in [-0.05, 0) is 6.08 Å². The Hall–Kier alpha value is -0.630. The highest BCUT2D eigenvalue weighted by Crippen LogP contribution is 1.72. The molecule has 0 amide bonds. The summed E-state index contributed by atoms with van der Waals surface area (Å²) in [5, 5.41) is 0. The predicted molar refractivity (Wildman–Crippen MR) is 25.5 cm³/mol. The molecule has 0 aromatic rings. The van der Waals surface area contributed by atoms with Crippen LogP contribution in [0.15, 0.2) is 12.7 Å². The van der Waals surface area contributed by atoms with E-state index in [0.29, 0.717) is 0 Å². The Bertz CT molecular complexity index is 76.1. The first-order chi connectivity index (χ1) is 3.31. The monoisotopic (exact) mass is 98.0 g/mol. The molecule has 0 rings (SSSR count). The van der Waals surface area contributed by atoms with E-state index in [1.807, 2.05) is 0 Å². The molecular formula is C5H6O2. The first-order valence-electron chi connectivity index (χ1n) is 1.78. The van der Waals surface area contributed by atoms with Crippen LogP contribution in [0.5, 0.6) is 0 Å². The lowest BCUT2D eigenvalue weighted by atomic mass is 10.4. The number of ether oxygens (including phenoxy) is 1. The van der Waals surface area contributed by atoms with Gasteiger partial charge < -0.3 is 4.74 Å². The molecule has 7 heavy (non-hydrogen) atoms. The average Bonchev–Trinajstić information content (AvgIpc) is 1.68. The van der Waals surface area contributed by atoms with Gasteiger partial charge in [-0.15, -0.1) is 0 Å². The van der Waals surface area contributed by atoms with Crippen molar-refractivity contribution >= 4 is 5.78 Å². The molecule has 2 radical (unpaired) electrons. The molecule has 0 saturated heterocycles. The van der Waals surface area contributed by atoms with Crippen LogP contribution in [0.4, 0.5) is 0 Å². The van der Waals surface area contributed by atoms with Crippen LogP contribution in [0.1, 0.15) is 0 Å². The van der Waals surface area contributed by atoms with Crippen LogP contribution < -0.4 is 0 Å². The van der Waals surface area contributed by atoms with Gasteiger partial charge >= 0.3 is 0 Å². The molecule has 0 fully saturated rings. The maximum Gasteiger partial charge on any atom is 0.180 e. The van der Waals surface area contributed by atoms with Crippen molar-refractivity contribution in [2.75, 3.05) is 6.61 Å². The molecule has 0 unspecified atom stereocenters. The van der Waals surface area contributed by atoms with Gasteiger partial charge in [0.1, 0.15) is 13.7 Å². The minimum absolute atomic E-state index is 0.0799. The van der Waals surface area contributed by atoms with Crippen molar-refractivity contribution in [1.82, 2.24) is 0 Å². The molecule has 0 heterocycles. The standard InChI is InChI=1S/C5H6O2/c1-3-5(6)4-7-2/h2-3H,1,4H2. The van der Waals surface area contributed by atoms with Gasteiger partial charge in [-0.2, -0.15) is 0 Å². The van der Waals surface area contributed by atoms with E-state index in [2.05, 4.69) is 18.4 Å². The molecule has 0 saturated carbocycles. The Morgan fingerprint density at radius 1 is 2.00 bits per heavy atom. The lowest BCUT2D eigenvalue weighted by Gasteiger charge is -1.85. The molecule has 0 atom stereocenters. The topological polar surface area (TPSA) is 26.3 Å². The number of rotatable bonds is 3. The molecular weight excluding hydrogens is 92.1 g/mol. The number of hydrogen-bond acceptors (Lipinski definition) is 2. The van der Waals surface area contributed by atoms with E-state index in [0.717, 1.165) is 6.08 Å². The molecule has 2 nitrogen and oxygen atoms in total. The van der Waals surface area contributed by atoms with Crippen LogP contribution in [0.25, 0.3) is 0 Å². The maximum atomic E-state index is 10.1. The van der Waals surface area contributed by atoms with E-state index in [9.17, 15) is 4.79 Å². The van der Waals surface area contributed by atoms with Crippen molar-refractivity contribution in [2.45, 2.75) is 0 Å². The number of carbonyl (C=O) groups is 1. The van der Waals surface area contributed by atoms with Gasteiger partial charge in [-0.25, -0.2) is 0 Å². The first-order valence-corrected chi connectivity index (χ1v) is 1.78. The van der Waals surface area contributed by atoms with Crippen molar-refractivity contribution in [2.24, 2.45) is 0 Å². The Morgan fingerprint density at radius 2 is 2.57 bits per heavy atom. The number of ketones is 1. The SMILES string of the molecule is [CH]OCC(=O)C=C. The smallest absolute Gasteiger partial charge is 0.180 e. The first kappa shape index (κ1) is 6.37. The molecule has 0 spiro atoms. The van der Waals surface area contributed by atoms with Crippen molar-refractivity contribution in [3.05, 3.63) is 19.8 Å². The maximum absolute atomic E-state index is 10.1. The van der Waals surface area contributed by atoms with E-state index in [1.165, 1.54) is 0 Å². The van der Waals surface area contributed by atoms with Gasteiger partial charge in [0.05, 0.1) is 0 Å². The zero-order valence-electron chi connectivity index (χ0n) is 3.89. The van der Waals surface area contributed by atoms with Crippen LogP contribution in [-0.4, -0.2) is 12.4 Å². The Morgan fingerprint density at radius 3 is 2.71 bits per heavy atom. The molecule has 0 aromatic heterocycles. The fourth-order valence-corrected chi connectivity index (χ4v) is 0.141. The Labute approximate surface area is 42.8 Å². The fourth-order valence-electron chi connectivity index (χ4n) is 0.141. The van der Waals surface area contributed by atoms with E-state index in [1.54, 1.807) is 0 Å². The molecule has 0 aliphatic carbocycles. The molecule has 2 heteroatoms. The van der Waals surface area contributed by atoms with Crippen LogP contribution in [0, 0.1) is 7.11 Å². The Kier molecular flexibility index (Phi) is 3.24. The van der Waals surface area contributed by atoms with E-state index < -0.39 is 0 Å². The van der Waals surface area contributed by atoms with Crippen molar-refractivity contribution < 1.29 is 9.53 Å². The molecule has 38 valence electrons. The van der Waals surface area contributed by atoms with Crippen molar-refractivity contribution in [1.29, 1.82) is 0 Å². The van der Waals surface area contributed by atoms with Gasteiger partial charge in [0, 0.05) is 0 Å². The summed E-state index contributed by atoms with van der Waals surface area (Å²) in [5.74, 6) is -0.206. The van der Waals surface area contributed by atoms with Crippen LogP contribution in [0.3, 0.4) is 0 Å². The third-order valence-corrected chi connectivity index (χ3v) is 0.453. The third-order valence-electron chi connectivity index (χ3n) is 0.453. The minimum Gasteiger partial charge on any atom is -0.364 e. The number of carbonyl (C=O) groups excluding carboxylic acids is 1. The summed E-state index contributed by atoms with van der Waals surface area (Å²) >= 11 is 0. The zero-order valence-corrected chi connectivity index (χ0v) is 3.89. The second kappa shape index (κ2) is 3.56. The summed E-state index contributed by atoms with van der Waals surface area (Å²) < 4.78 is 3.97. The number of hydrogen-bond donors (Lipinski definition) is 0. The van der Waals surface area contributed by atoms with Gasteiger partial charge in [0.15, 0.2) is 5.78 Å². The van der Waals surface area contributed by atoms with Crippen LogP contribution in [-0.2, 0) is 9.53 Å². The highest BCUT2D eigenvalue weighted by atomic mass is 16.5. The van der Waals surface area contributed by atoms with Gasteiger partial charge in [0.25, 0.3) is 0 Å². The lowest BCUT2D eigenvalue weighted by molar-refractivity contribution is -0.117. The molecule has 0 aromatic carbocycles. The third kappa shape index (κ3) is 3.19. The minimum atomic E-state index is -0.206. The van der Waals surface area contributed by atoms with E-state index in [-0.39, 0.29) is 12.4 Å². The summed E-state index contributed by atoms with van der Waals surface area (Å²) in [5.41, 5.74) is 0. The van der Waals surface area contributed by atoms with Crippen molar-refractivity contribution in [3.63, 3.8) is 0 Å². The van der Waals surface area contributed by atoms with Crippen LogP contribution in [0.2, 0.25) is 0 Å². The second-order valence-electron chi connectivity index (χ2n) is 0.981. The largest absolute Gasteiger partial charge is 0.364 e. The summed E-state index contributed by atoms with van der Waals surface area (Å²) in [7, 11) is 4.54. The average molecular weight is 98.1 g/mol. The lowest BCUT2D eigenvalue weighted by Crippen LogP contribution is -1.99. The van der Waals surface area contributed by atoms with Gasteiger partial charge in [-0.3, -0.25) is 4.79 Å². The van der Waals surface area contributed by atoms with Gasteiger partial charge in [0.2, 0.25) is 0 Å². The highest BCUT2D eigenvalue weighted by molar-refractivity contribution is 5.90. The molecule has 0 N–H and O–H groups in total. The second-order valence-corrected chi connectivity index (χ2v) is 0.981. The zero-order chi connectivity index (χ0) is 5.70. The van der Waals surface area contributed by atoms with Crippen molar-refractivity contribution in [3.8, 4) is 0 Å². The summed E-state index contributed by atoms with van der Waals surface area (Å²) in [4.78, 5) is 10.1. The Balaban J connectivity index is 3.17. The molecule has 0 bridgehead atoms. The van der Waals surface area contributed by atoms with E-state index in [4.69, 9.17) is 0 Å². The fraction of sp³-hybridized carbons (Fsp3) is 0.200. The normalized spacial score (nSPS) is 8.14. The quantitative estimate of drug-likeness (QED) is 0.478. The summed E-state index contributed by atoms with van der Waals surface area (Å²) in [6.45, 7) is 3.11. The summed E-state index contributed by atoms with van der Waals surface area (Å²) in [6, 6.07) is 0. The van der Waals surface area contributed by atoms with Crippen LogP contribution >= 0.6 is 0 Å². The van der Waals surface area contributed by atoms with Gasteiger partial charge in [-0.1, -0.05) is 6.58 Å². The summed E-state index contributed by atoms with van der Waals surface area (Å²) in [6.07, 6.45) is 1.16. The highest BCUT2D eigenvalue weighted by Gasteiger charge is 1.88. The van der Waals surface area contributed by atoms with E-state index >= 15 is 0 Å². The predicted octanol–water partition coefficient (Wildman–Crippen LogP) is 0.427. The molecule has 0 aliphatic rings.